The number of aliphatic carboxylic acids is 1. The van der Waals surface area contributed by atoms with Gasteiger partial charge in [0, 0.05) is 25.2 Å². The normalized spacial score (nSPS) is 17.3. The lowest BCUT2D eigenvalue weighted by atomic mass is 10.0. The second-order valence-electron chi connectivity index (χ2n) is 4.51. The zero-order valence-electron chi connectivity index (χ0n) is 10.2. The fourth-order valence-electron chi connectivity index (χ4n) is 2.42. The molecule has 0 amide bonds. The summed E-state index contributed by atoms with van der Waals surface area (Å²) in [6, 6.07) is 9.81. The molecule has 1 unspecified atom stereocenters. The van der Waals surface area contributed by atoms with Crippen LogP contribution in [0.25, 0.3) is 0 Å². The zero-order chi connectivity index (χ0) is 13.0. The van der Waals surface area contributed by atoms with E-state index in [9.17, 15) is 9.90 Å². The predicted octanol–water partition coefficient (Wildman–Crippen LogP) is 2.37. The number of rotatable bonds is 5. The molecule has 1 aliphatic rings. The highest BCUT2D eigenvalue weighted by Gasteiger charge is 2.32. The van der Waals surface area contributed by atoms with Crippen LogP contribution in [0.1, 0.15) is 30.7 Å². The summed E-state index contributed by atoms with van der Waals surface area (Å²) in [5, 5.41) is 17.7. The summed E-state index contributed by atoms with van der Waals surface area (Å²) in [4.78, 5) is 13.3. The van der Waals surface area contributed by atoms with Crippen LogP contribution in [0.5, 0.6) is 0 Å². The number of hydrogen-bond acceptors (Lipinski definition) is 3. The molecule has 4 nitrogen and oxygen atoms in total. The lowest BCUT2D eigenvalue weighted by molar-refractivity contribution is -0.138. The highest BCUT2D eigenvalue weighted by atomic mass is 16.4. The van der Waals surface area contributed by atoms with E-state index in [0.717, 1.165) is 30.6 Å². The number of fused-ring (bicyclic) bond motifs is 1. The predicted molar refractivity (Wildman–Crippen MR) is 68.5 cm³/mol. The van der Waals surface area contributed by atoms with Gasteiger partial charge in [0.25, 0.3) is 0 Å². The molecule has 1 atom stereocenters. The van der Waals surface area contributed by atoms with E-state index in [1.54, 1.807) is 0 Å². The molecule has 4 heteroatoms. The van der Waals surface area contributed by atoms with Gasteiger partial charge in [-0.2, -0.15) is 5.26 Å². The number of para-hydroxylation sites is 1. The Balaban J connectivity index is 2.06. The summed E-state index contributed by atoms with van der Waals surface area (Å²) in [5.74, 6) is -1.18. The highest BCUT2D eigenvalue weighted by molar-refractivity contribution is 5.82. The molecule has 1 aliphatic heterocycles. The Bertz CT molecular complexity index is 479. The maximum Gasteiger partial charge on any atom is 0.312 e. The fourth-order valence-corrected chi connectivity index (χ4v) is 2.42. The van der Waals surface area contributed by atoms with E-state index >= 15 is 0 Å². The molecule has 0 bridgehead atoms. The molecule has 1 aromatic rings. The van der Waals surface area contributed by atoms with E-state index in [1.807, 2.05) is 24.3 Å². The summed E-state index contributed by atoms with van der Waals surface area (Å²) in [6.07, 6.45) is 2.36. The van der Waals surface area contributed by atoms with Crippen LogP contribution in [0.15, 0.2) is 24.3 Å². The molecular formula is C14H16N2O2. The fraction of sp³-hybridized carbons (Fsp3) is 0.429. The summed E-state index contributed by atoms with van der Waals surface area (Å²) < 4.78 is 0. The highest BCUT2D eigenvalue weighted by Crippen LogP contribution is 2.36. The number of carboxylic acid groups (broad SMARTS) is 1. The Labute approximate surface area is 106 Å². The number of hydrogen-bond donors (Lipinski definition) is 1. The molecule has 0 saturated carbocycles. The second-order valence-corrected chi connectivity index (χ2v) is 4.51. The minimum Gasteiger partial charge on any atom is -0.481 e. The van der Waals surface area contributed by atoms with Gasteiger partial charge in [0.05, 0.1) is 6.07 Å². The van der Waals surface area contributed by atoms with Gasteiger partial charge in [-0.25, -0.2) is 0 Å². The number of nitrogens with zero attached hydrogens (tertiary/aromatic N) is 2. The van der Waals surface area contributed by atoms with Gasteiger partial charge in [0.15, 0.2) is 0 Å². The molecule has 1 aromatic carbocycles. The molecule has 0 saturated heterocycles. The van der Waals surface area contributed by atoms with Gasteiger partial charge in [0.2, 0.25) is 0 Å². The second kappa shape index (κ2) is 5.54. The third-order valence-electron chi connectivity index (χ3n) is 3.32. The van der Waals surface area contributed by atoms with Crippen molar-refractivity contribution in [1.82, 2.24) is 0 Å². The lowest BCUT2D eigenvalue weighted by Gasteiger charge is -2.19. The first-order chi connectivity index (χ1) is 8.74. The molecule has 18 heavy (non-hydrogen) atoms. The first-order valence-corrected chi connectivity index (χ1v) is 6.17. The number of nitriles is 1. The van der Waals surface area contributed by atoms with Crippen molar-refractivity contribution < 1.29 is 9.90 Å². The van der Waals surface area contributed by atoms with E-state index in [0.29, 0.717) is 13.0 Å². The number of carboxylic acids is 1. The molecule has 0 spiro atoms. The van der Waals surface area contributed by atoms with Crippen LogP contribution in [0.2, 0.25) is 0 Å². The monoisotopic (exact) mass is 244 g/mol. The average molecular weight is 244 g/mol. The van der Waals surface area contributed by atoms with Crippen LogP contribution in [-0.2, 0) is 4.79 Å². The van der Waals surface area contributed by atoms with Gasteiger partial charge in [-0.3, -0.25) is 4.79 Å². The van der Waals surface area contributed by atoms with E-state index in [1.165, 1.54) is 0 Å². The molecule has 0 aliphatic carbocycles. The molecule has 0 aromatic heterocycles. The molecule has 0 fully saturated rings. The molecular weight excluding hydrogens is 228 g/mol. The van der Waals surface area contributed by atoms with E-state index in [-0.39, 0.29) is 0 Å². The van der Waals surface area contributed by atoms with Gasteiger partial charge in [0.1, 0.15) is 5.92 Å². The van der Waals surface area contributed by atoms with E-state index < -0.39 is 11.9 Å². The summed E-state index contributed by atoms with van der Waals surface area (Å²) >= 11 is 0. The van der Waals surface area contributed by atoms with Gasteiger partial charge >= 0.3 is 5.97 Å². The first kappa shape index (κ1) is 12.4. The topological polar surface area (TPSA) is 64.3 Å². The maximum absolute atomic E-state index is 11.2. The molecule has 1 heterocycles. The van der Waals surface area contributed by atoms with Crippen LogP contribution in [0.4, 0.5) is 5.69 Å². The average Bonchev–Trinajstić information content (AvgIpc) is 2.74. The van der Waals surface area contributed by atoms with Gasteiger partial charge in [-0.05, 0) is 24.5 Å². The standard InChI is InChI=1S/C14H16N2O2/c15-8-4-1-5-9-16-10-12(14(17)18)11-6-2-3-7-13(11)16/h2-3,6-7,12H,1,4-5,9-10H2,(H,17,18). The molecule has 2 rings (SSSR count). The summed E-state index contributed by atoms with van der Waals surface area (Å²) in [7, 11) is 0. The Morgan fingerprint density at radius 2 is 2.22 bits per heavy atom. The quantitative estimate of drug-likeness (QED) is 0.807. The van der Waals surface area contributed by atoms with Crippen molar-refractivity contribution in [3.63, 3.8) is 0 Å². The van der Waals surface area contributed by atoms with Crippen molar-refractivity contribution in [2.75, 3.05) is 18.0 Å². The van der Waals surface area contributed by atoms with Crippen LogP contribution in [0, 0.1) is 11.3 Å². The number of unbranched alkanes of at least 4 members (excludes halogenated alkanes) is 2. The van der Waals surface area contributed by atoms with Crippen molar-refractivity contribution in [3.8, 4) is 6.07 Å². The van der Waals surface area contributed by atoms with Crippen LogP contribution >= 0.6 is 0 Å². The van der Waals surface area contributed by atoms with Gasteiger partial charge in [-0.15, -0.1) is 0 Å². The van der Waals surface area contributed by atoms with Crippen LogP contribution < -0.4 is 4.90 Å². The third kappa shape index (κ3) is 2.45. The molecule has 0 radical (unpaired) electrons. The van der Waals surface area contributed by atoms with E-state index in [2.05, 4.69) is 11.0 Å². The van der Waals surface area contributed by atoms with Crippen molar-refractivity contribution in [2.24, 2.45) is 0 Å². The van der Waals surface area contributed by atoms with Crippen LogP contribution in [0.3, 0.4) is 0 Å². The Hall–Kier alpha value is -2.02. The molecule has 1 N–H and O–H groups in total. The smallest absolute Gasteiger partial charge is 0.312 e. The van der Waals surface area contributed by atoms with Crippen molar-refractivity contribution in [3.05, 3.63) is 29.8 Å². The van der Waals surface area contributed by atoms with Crippen LogP contribution in [-0.4, -0.2) is 24.2 Å². The first-order valence-electron chi connectivity index (χ1n) is 6.17. The molecule has 94 valence electrons. The number of anilines is 1. The summed E-state index contributed by atoms with van der Waals surface area (Å²) in [6.45, 7) is 1.36. The minimum atomic E-state index is -0.762. The Morgan fingerprint density at radius 3 is 2.94 bits per heavy atom. The van der Waals surface area contributed by atoms with Crippen molar-refractivity contribution >= 4 is 11.7 Å². The Kier molecular flexibility index (Phi) is 3.83. The van der Waals surface area contributed by atoms with Crippen molar-refractivity contribution in [2.45, 2.75) is 25.2 Å². The zero-order valence-corrected chi connectivity index (χ0v) is 10.2. The third-order valence-corrected chi connectivity index (χ3v) is 3.32. The van der Waals surface area contributed by atoms with Crippen molar-refractivity contribution in [1.29, 1.82) is 5.26 Å². The lowest BCUT2D eigenvalue weighted by Crippen LogP contribution is -2.25. The maximum atomic E-state index is 11.2. The largest absolute Gasteiger partial charge is 0.481 e. The SMILES string of the molecule is N#CCCCCN1CC(C(=O)O)c2ccccc21. The van der Waals surface area contributed by atoms with E-state index in [4.69, 9.17) is 5.26 Å². The number of benzene rings is 1. The Morgan fingerprint density at radius 1 is 1.44 bits per heavy atom. The minimum absolute atomic E-state index is 0.419. The van der Waals surface area contributed by atoms with Gasteiger partial charge < -0.3 is 10.0 Å². The number of carbonyl (C=O) groups is 1. The van der Waals surface area contributed by atoms with Gasteiger partial charge in [-0.1, -0.05) is 18.2 Å². The summed E-state index contributed by atoms with van der Waals surface area (Å²) in [5.41, 5.74) is 1.94.